The van der Waals surface area contributed by atoms with Gasteiger partial charge in [-0.05, 0) is 24.3 Å². The molecule has 0 radical (unpaired) electrons. The molecule has 0 atom stereocenters. The van der Waals surface area contributed by atoms with Crippen LogP contribution in [0.3, 0.4) is 0 Å². The van der Waals surface area contributed by atoms with Gasteiger partial charge in [-0.15, -0.1) is 0 Å². The molecule has 1 aromatic heterocycles. The van der Waals surface area contributed by atoms with E-state index in [-0.39, 0.29) is 30.3 Å². The van der Waals surface area contributed by atoms with Crippen molar-refractivity contribution >= 4 is 17.5 Å². The van der Waals surface area contributed by atoms with Crippen LogP contribution in [0.15, 0.2) is 36.7 Å². The molecule has 8 heteroatoms. The Morgan fingerprint density at radius 2 is 1.96 bits per heavy atom. The van der Waals surface area contributed by atoms with Crippen molar-refractivity contribution in [2.24, 2.45) is 0 Å². The maximum absolute atomic E-state index is 14.9. The number of alkyl halides is 1. The number of hydrogen-bond acceptors (Lipinski definition) is 4. The van der Waals surface area contributed by atoms with Crippen LogP contribution in [0.25, 0.3) is 0 Å². The highest BCUT2D eigenvalue weighted by molar-refractivity contribution is 6.31. The second-order valence-corrected chi connectivity index (χ2v) is 6.75. The predicted molar refractivity (Wildman–Crippen MR) is 94.1 cm³/mol. The normalized spacial score (nSPS) is 16.5. The monoisotopic (exact) mass is 380 g/mol. The molecule has 138 valence electrons. The molecule has 26 heavy (non-hydrogen) atoms. The Kier molecular flexibility index (Phi) is 5.78. The van der Waals surface area contributed by atoms with Crippen LogP contribution in [0, 0.1) is 5.82 Å². The molecule has 1 saturated heterocycles. The highest BCUT2D eigenvalue weighted by Crippen LogP contribution is 2.27. The van der Waals surface area contributed by atoms with E-state index in [1.165, 1.54) is 12.1 Å². The largest absolute Gasteiger partial charge is 0.338 e. The third-order valence-corrected chi connectivity index (χ3v) is 4.75. The zero-order chi connectivity index (χ0) is 18.6. The average Bonchev–Trinajstić information content (AvgIpc) is 2.65. The van der Waals surface area contributed by atoms with Crippen LogP contribution in [0.5, 0.6) is 0 Å². The first-order valence-electron chi connectivity index (χ1n) is 8.37. The van der Waals surface area contributed by atoms with Gasteiger partial charge in [0.15, 0.2) is 0 Å². The molecule has 2 aromatic rings. The molecule has 1 aliphatic heterocycles. The number of likely N-dealkylation sites (tertiary alicyclic amines) is 1. The summed E-state index contributed by atoms with van der Waals surface area (Å²) in [6.45, 7) is 1.17. The summed E-state index contributed by atoms with van der Waals surface area (Å²) in [5.74, 6) is -0.227. The van der Waals surface area contributed by atoms with Crippen LogP contribution >= 0.6 is 11.6 Å². The lowest BCUT2D eigenvalue weighted by atomic mass is 9.92. The molecule has 2 heterocycles. The number of nitrogens with one attached hydrogen (secondary N) is 1. The summed E-state index contributed by atoms with van der Waals surface area (Å²) >= 11 is 5.73. The summed E-state index contributed by atoms with van der Waals surface area (Å²) in [6, 6.07) is 5.58. The van der Waals surface area contributed by atoms with Gasteiger partial charge in [-0.2, -0.15) is 0 Å². The molecule has 0 bridgehead atoms. The fourth-order valence-electron chi connectivity index (χ4n) is 2.92. The smallest absolute Gasteiger partial charge is 0.253 e. The van der Waals surface area contributed by atoms with Gasteiger partial charge < -0.3 is 10.2 Å². The lowest BCUT2D eigenvalue weighted by molar-refractivity contribution is 0.0434. The third kappa shape index (κ3) is 4.53. The van der Waals surface area contributed by atoms with Crippen molar-refractivity contribution < 1.29 is 13.6 Å². The molecule has 1 amide bonds. The summed E-state index contributed by atoms with van der Waals surface area (Å²) in [6.07, 6.45) is 3.74. The number of aromatic nitrogens is 2. The van der Waals surface area contributed by atoms with Crippen LogP contribution in [0.4, 0.5) is 8.78 Å². The molecule has 1 N–H and O–H groups in total. The summed E-state index contributed by atoms with van der Waals surface area (Å²) in [7, 11) is 0. The van der Waals surface area contributed by atoms with Gasteiger partial charge in [0.05, 0.1) is 11.6 Å². The minimum Gasteiger partial charge on any atom is -0.338 e. The van der Waals surface area contributed by atoms with E-state index in [0.29, 0.717) is 31.0 Å². The summed E-state index contributed by atoms with van der Waals surface area (Å²) < 4.78 is 28.1. The average molecular weight is 381 g/mol. The van der Waals surface area contributed by atoms with Crippen molar-refractivity contribution in [1.82, 2.24) is 20.2 Å². The Morgan fingerprint density at radius 1 is 1.27 bits per heavy atom. The van der Waals surface area contributed by atoms with E-state index in [2.05, 4.69) is 15.3 Å². The van der Waals surface area contributed by atoms with Crippen molar-refractivity contribution in [2.45, 2.75) is 25.1 Å². The van der Waals surface area contributed by atoms with E-state index < -0.39 is 11.5 Å². The predicted octanol–water partition coefficient (Wildman–Crippen LogP) is 3.00. The van der Waals surface area contributed by atoms with Gasteiger partial charge in [0.2, 0.25) is 0 Å². The minimum absolute atomic E-state index is 0.0972. The first-order valence-corrected chi connectivity index (χ1v) is 8.74. The van der Waals surface area contributed by atoms with Gasteiger partial charge in [-0.3, -0.25) is 4.79 Å². The van der Waals surface area contributed by atoms with Gasteiger partial charge >= 0.3 is 0 Å². The molecule has 1 aliphatic rings. The number of carbonyl (C=O) groups excluding carboxylic acids is 1. The van der Waals surface area contributed by atoms with E-state index in [4.69, 9.17) is 11.6 Å². The Labute approximate surface area is 155 Å². The van der Waals surface area contributed by atoms with Crippen LogP contribution in [-0.4, -0.2) is 46.1 Å². The molecule has 0 aliphatic carbocycles. The van der Waals surface area contributed by atoms with Crippen LogP contribution in [0.2, 0.25) is 5.02 Å². The van der Waals surface area contributed by atoms with Gasteiger partial charge in [-0.25, -0.2) is 18.7 Å². The molecular weight excluding hydrogens is 362 g/mol. The van der Waals surface area contributed by atoms with Crippen molar-refractivity contribution in [3.05, 3.63) is 58.9 Å². The van der Waals surface area contributed by atoms with Crippen molar-refractivity contribution in [1.29, 1.82) is 0 Å². The quantitative estimate of drug-likeness (QED) is 0.866. The van der Waals surface area contributed by atoms with Crippen LogP contribution in [-0.2, 0) is 6.54 Å². The number of carbonyl (C=O) groups is 1. The SMILES string of the molecule is O=C(c1ccc(F)c(Cl)c1)N1CCC(F)(CNCc2ncccn2)CC1. The van der Waals surface area contributed by atoms with Crippen molar-refractivity contribution in [3.63, 3.8) is 0 Å². The second kappa shape index (κ2) is 8.05. The molecule has 0 unspecified atom stereocenters. The van der Waals surface area contributed by atoms with Crippen molar-refractivity contribution in [2.75, 3.05) is 19.6 Å². The fourth-order valence-corrected chi connectivity index (χ4v) is 3.10. The molecule has 3 rings (SSSR count). The van der Waals surface area contributed by atoms with E-state index in [0.717, 1.165) is 6.07 Å². The number of halogens is 3. The number of nitrogens with zero attached hydrogens (tertiary/aromatic N) is 3. The molecular formula is C18H19ClF2N4O. The Balaban J connectivity index is 1.51. The minimum atomic E-state index is -1.38. The number of benzene rings is 1. The van der Waals surface area contributed by atoms with Gasteiger partial charge in [0.25, 0.3) is 5.91 Å². The number of piperidine rings is 1. The highest BCUT2D eigenvalue weighted by atomic mass is 35.5. The Hall–Kier alpha value is -2.12. The van der Waals surface area contributed by atoms with E-state index in [1.54, 1.807) is 23.4 Å². The zero-order valence-electron chi connectivity index (χ0n) is 14.1. The fraction of sp³-hybridized carbons (Fsp3) is 0.389. The van der Waals surface area contributed by atoms with Crippen LogP contribution in [0.1, 0.15) is 29.0 Å². The lowest BCUT2D eigenvalue weighted by Crippen LogP contribution is -2.48. The van der Waals surface area contributed by atoms with Gasteiger partial charge in [-0.1, -0.05) is 11.6 Å². The molecule has 0 spiro atoms. The summed E-state index contributed by atoms with van der Waals surface area (Å²) in [5, 5.41) is 2.94. The number of hydrogen-bond donors (Lipinski definition) is 1. The molecule has 1 aromatic carbocycles. The maximum Gasteiger partial charge on any atom is 0.253 e. The van der Waals surface area contributed by atoms with Gasteiger partial charge in [0, 0.05) is 50.4 Å². The number of amides is 1. The van der Waals surface area contributed by atoms with Gasteiger partial charge in [0.1, 0.15) is 17.3 Å². The van der Waals surface area contributed by atoms with E-state index in [1.807, 2.05) is 0 Å². The zero-order valence-corrected chi connectivity index (χ0v) is 14.8. The Bertz CT molecular complexity index is 767. The van der Waals surface area contributed by atoms with E-state index in [9.17, 15) is 13.6 Å². The first kappa shape index (κ1) is 18.7. The highest BCUT2D eigenvalue weighted by Gasteiger charge is 2.36. The third-order valence-electron chi connectivity index (χ3n) is 4.46. The molecule has 1 fully saturated rings. The molecule has 5 nitrogen and oxygen atoms in total. The topological polar surface area (TPSA) is 58.1 Å². The maximum atomic E-state index is 14.9. The number of rotatable bonds is 5. The summed E-state index contributed by atoms with van der Waals surface area (Å²) in [5.41, 5.74) is -1.08. The summed E-state index contributed by atoms with van der Waals surface area (Å²) in [4.78, 5) is 22.2. The standard InChI is InChI=1S/C18H19ClF2N4O/c19-14-10-13(2-3-15(14)20)17(26)25-8-4-18(21,5-9-25)12-22-11-16-23-6-1-7-24-16/h1-3,6-7,10,22H,4-5,8-9,11-12H2. The molecule has 0 saturated carbocycles. The second-order valence-electron chi connectivity index (χ2n) is 6.34. The van der Waals surface area contributed by atoms with Crippen molar-refractivity contribution in [3.8, 4) is 0 Å². The van der Waals surface area contributed by atoms with E-state index >= 15 is 0 Å². The lowest BCUT2D eigenvalue weighted by Gasteiger charge is -2.36. The first-order chi connectivity index (χ1) is 12.5. The van der Waals surface area contributed by atoms with Crippen LogP contribution < -0.4 is 5.32 Å². The Morgan fingerprint density at radius 3 is 2.62 bits per heavy atom.